The molecule has 1 aliphatic carbocycles. The molecule has 1 fully saturated rings. The van der Waals surface area contributed by atoms with E-state index < -0.39 is 0 Å². The second-order valence-electron chi connectivity index (χ2n) is 6.05. The topological polar surface area (TPSA) is 54.9 Å². The Hall–Kier alpha value is -1.82. The lowest BCUT2D eigenvalue weighted by molar-refractivity contribution is 0.129. The number of nitrogens with one attached hydrogen (secondary N) is 2. The number of benzene rings is 1. The highest BCUT2D eigenvalue weighted by Crippen LogP contribution is 2.28. The van der Waals surface area contributed by atoms with Crippen molar-refractivity contribution in [3.63, 3.8) is 0 Å². The highest BCUT2D eigenvalue weighted by Gasteiger charge is 2.20. The number of hydrogen-bond donors (Lipinski definition) is 2. The third-order valence-electron chi connectivity index (χ3n) is 3.59. The molecule has 24 heavy (non-hydrogen) atoms. The summed E-state index contributed by atoms with van der Waals surface area (Å²) in [4.78, 5) is 4.51. The summed E-state index contributed by atoms with van der Waals surface area (Å²) in [6.07, 6.45) is 2.52. The van der Waals surface area contributed by atoms with Crippen molar-refractivity contribution < 1.29 is 13.9 Å². The predicted molar refractivity (Wildman–Crippen MR) is 94.0 cm³/mol. The van der Waals surface area contributed by atoms with Gasteiger partial charge in [0.25, 0.3) is 0 Å². The van der Waals surface area contributed by atoms with Crippen LogP contribution in [0.5, 0.6) is 5.75 Å². The molecule has 0 aliphatic heterocycles. The fourth-order valence-electron chi connectivity index (χ4n) is 2.12. The Morgan fingerprint density at radius 2 is 2.04 bits per heavy atom. The summed E-state index contributed by atoms with van der Waals surface area (Å²) in [5, 5.41) is 6.45. The van der Waals surface area contributed by atoms with Gasteiger partial charge in [-0.2, -0.15) is 0 Å². The Bertz CT molecular complexity index is 503. The Morgan fingerprint density at radius 1 is 1.29 bits per heavy atom. The molecule has 1 aromatic rings. The molecule has 0 heterocycles. The quantitative estimate of drug-likeness (QED) is 0.391. The zero-order valence-electron chi connectivity index (χ0n) is 14.6. The maximum atomic E-state index is 12.9. The van der Waals surface area contributed by atoms with Crippen molar-refractivity contribution in [2.24, 2.45) is 10.9 Å². The number of nitrogens with zero attached hydrogens (tertiary/aromatic N) is 1. The molecule has 1 atom stereocenters. The summed E-state index contributed by atoms with van der Waals surface area (Å²) < 4.78 is 24.2. The van der Waals surface area contributed by atoms with Crippen molar-refractivity contribution in [2.45, 2.75) is 32.8 Å². The second kappa shape index (κ2) is 10.1. The van der Waals surface area contributed by atoms with Crippen LogP contribution in [0.4, 0.5) is 4.39 Å². The van der Waals surface area contributed by atoms with Gasteiger partial charge in [-0.05, 0) is 56.9 Å². The summed E-state index contributed by atoms with van der Waals surface area (Å²) in [7, 11) is 0. The summed E-state index contributed by atoms with van der Waals surface area (Å²) in [6, 6.07) is 6.02. The first-order valence-corrected chi connectivity index (χ1v) is 8.69. The van der Waals surface area contributed by atoms with Crippen LogP contribution in [-0.4, -0.2) is 44.9 Å². The first-order chi connectivity index (χ1) is 11.7. The van der Waals surface area contributed by atoms with Crippen molar-refractivity contribution >= 4 is 5.96 Å². The number of hydrogen-bond acceptors (Lipinski definition) is 3. The fraction of sp³-hybridized carbons (Fsp3) is 0.611. The number of rotatable bonds is 10. The molecule has 0 radical (unpaired) electrons. The molecule has 0 bridgehead atoms. The van der Waals surface area contributed by atoms with Gasteiger partial charge in [0.2, 0.25) is 0 Å². The third-order valence-corrected chi connectivity index (χ3v) is 3.59. The van der Waals surface area contributed by atoms with E-state index in [2.05, 4.69) is 15.6 Å². The lowest BCUT2D eigenvalue weighted by atomic mass is 10.3. The summed E-state index contributed by atoms with van der Waals surface area (Å²) in [6.45, 7) is 7.55. The van der Waals surface area contributed by atoms with Gasteiger partial charge in [0.15, 0.2) is 5.96 Å². The van der Waals surface area contributed by atoms with E-state index in [-0.39, 0.29) is 11.9 Å². The SMILES string of the molecule is CCNC(=NCC(C)Oc1ccc(F)cc1)NCCOCC1CC1. The number of aliphatic imine (C=N–C) groups is 1. The molecule has 0 amide bonds. The van der Waals surface area contributed by atoms with Crippen molar-refractivity contribution in [1.82, 2.24) is 10.6 Å². The maximum absolute atomic E-state index is 12.9. The Kier molecular flexibility index (Phi) is 7.82. The van der Waals surface area contributed by atoms with Crippen molar-refractivity contribution in [3.05, 3.63) is 30.1 Å². The second-order valence-corrected chi connectivity index (χ2v) is 6.05. The van der Waals surface area contributed by atoms with E-state index in [0.29, 0.717) is 18.9 Å². The molecule has 1 unspecified atom stereocenters. The van der Waals surface area contributed by atoms with Gasteiger partial charge in [-0.3, -0.25) is 0 Å². The van der Waals surface area contributed by atoms with E-state index in [9.17, 15) is 4.39 Å². The minimum absolute atomic E-state index is 0.1000. The van der Waals surface area contributed by atoms with Crippen LogP contribution in [0.2, 0.25) is 0 Å². The first kappa shape index (κ1) is 18.5. The van der Waals surface area contributed by atoms with E-state index in [0.717, 1.165) is 31.6 Å². The highest BCUT2D eigenvalue weighted by molar-refractivity contribution is 5.79. The van der Waals surface area contributed by atoms with Crippen LogP contribution in [0, 0.1) is 11.7 Å². The monoisotopic (exact) mass is 337 g/mol. The average molecular weight is 337 g/mol. The van der Waals surface area contributed by atoms with E-state index in [1.807, 2.05) is 13.8 Å². The molecule has 2 N–H and O–H groups in total. The first-order valence-electron chi connectivity index (χ1n) is 8.69. The lowest BCUT2D eigenvalue weighted by Crippen LogP contribution is -2.39. The normalized spacial score (nSPS) is 15.9. The van der Waals surface area contributed by atoms with Gasteiger partial charge in [0.05, 0.1) is 13.2 Å². The molecule has 0 spiro atoms. The van der Waals surface area contributed by atoms with Crippen molar-refractivity contribution in [2.75, 3.05) is 32.8 Å². The van der Waals surface area contributed by atoms with Crippen LogP contribution < -0.4 is 15.4 Å². The molecule has 134 valence electrons. The molecule has 0 aromatic heterocycles. The van der Waals surface area contributed by atoms with Gasteiger partial charge in [-0.25, -0.2) is 9.38 Å². The highest BCUT2D eigenvalue weighted by atomic mass is 19.1. The summed E-state index contributed by atoms with van der Waals surface area (Å²) >= 11 is 0. The molecule has 0 saturated heterocycles. The standard InChI is InChI=1S/C18H28FN3O2/c1-3-20-18(21-10-11-23-13-15-4-5-15)22-12-14(2)24-17-8-6-16(19)7-9-17/h6-9,14-15H,3-5,10-13H2,1-2H3,(H2,20,21,22). The maximum Gasteiger partial charge on any atom is 0.191 e. The van der Waals surface area contributed by atoms with E-state index >= 15 is 0 Å². The zero-order valence-corrected chi connectivity index (χ0v) is 14.6. The molecule has 2 rings (SSSR count). The van der Waals surface area contributed by atoms with E-state index in [1.165, 1.54) is 25.0 Å². The molecule has 1 aromatic carbocycles. The van der Waals surface area contributed by atoms with Gasteiger partial charge in [0.1, 0.15) is 17.7 Å². The molecular formula is C18H28FN3O2. The zero-order chi connectivity index (χ0) is 17.2. The molecule has 5 nitrogen and oxygen atoms in total. The van der Waals surface area contributed by atoms with Gasteiger partial charge >= 0.3 is 0 Å². The van der Waals surface area contributed by atoms with Crippen LogP contribution in [0.25, 0.3) is 0 Å². The summed E-state index contributed by atoms with van der Waals surface area (Å²) in [5.74, 6) is 1.92. The van der Waals surface area contributed by atoms with Crippen molar-refractivity contribution in [3.8, 4) is 5.75 Å². The van der Waals surface area contributed by atoms with E-state index in [4.69, 9.17) is 9.47 Å². The minimum atomic E-state index is -0.268. The Balaban J connectivity index is 1.68. The van der Waals surface area contributed by atoms with Gasteiger partial charge in [0, 0.05) is 19.7 Å². The van der Waals surface area contributed by atoms with Gasteiger partial charge in [-0.15, -0.1) is 0 Å². The molecular weight excluding hydrogens is 309 g/mol. The van der Waals surface area contributed by atoms with Crippen LogP contribution in [0.3, 0.4) is 0 Å². The van der Waals surface area contributed by atoms with Crippen molar-refractivity contribution in [1.29, 1.82) is 0 Å². The lowest BCUT2D eigenvalue weighted by Gasteiger charge is -2.15. The molecule has 1 saturated carbocycles. The molecule has 6 heteroatoms. The number of ether oxygens (including phenoxy) is 2. The Morgan fingerprint density at radius 3 is 2.71 bits per heavy atom. The summed E-state index contributed by atoms with van der Waals surface area (Å²) in [5.41, 5.74) is 0. The Labute approximate surface area is 143 Å². The molecule has 1 aliphatic rings. The van der Waals surface area contributed by atoms with Gasteiger partial charge in [-0.1, -0.05) is 0 Å². The average Bonchev–Trinajstić information content (AvgIpc) is 3.38. The van der Waals surface area contributed by atoms with Crippen LogP contribution >= 0.6 is 0 Å². The predicted octanol–water partition coefficient (Wildman–Crippen LogP) is 2.57. The van der Waals surface area contributed by atoms with Crippen LogP contribution in [-0.2, 0) is 4.74 Å². The van der Waals surface area contributed by atoms with Crippen LogP contribution in [0.15, 0.2) is 29.3 Å². The van der Waals surface area contributed by atoms with Gasteiger partial charge < -0.3 is 20.1 Å². The smallest absolute Gasteiger partial charge is 0.191 e. The largest absolute Gasteiger partial charge is 0.489 e. The van der Waals surface area contributed by atoms with Crippen LogP contribution in [0.1, 0.15) is 26.7 Å². The number of halogens is 1. The fourth-order valence-corrected chi connectivity index (χ4v) is 2.12. The van der Waals surface area contributed by atoms with E-state index in [1.54, 1.807) is 12.1 Å². The minimum Gasteiger partial charge on any atom is -0.489 e. The number of guanidine groups is 1. The third kappa shape index (κ3) is 7.64.